The molecule has 0 aliphatic heterocycles. The number of thiophene rings is 1. The Morgan fingerprint density at radius 3 is 2.50 bits per heavy atom. The van der Waals surface area contributed by atoms with Gasteiger partial charge in [-0.25, -0.2) is 9.59 Å². The van der Waals surface area contributed by atoms with E-state index in [-0.39, 0.29) is 6.04 Å². The van der Waals surface area contributed by atoms with Gasteiger partial charge in [0.15, 0.2) is 6.61 Å². The maximum Gasteiger partial charge on any atom is 0.329 e. The molecule has 28 heavy (non-hydrogen) atoms. The second-order valence-corrected chi connectivity index (χ2v) is 7.84. The van der Waals surface area contributed by atoms with Crippen LogP contribution in [0.5, 0.6) is 0 Å². The summed E-state index contributed by atoms with van der Waals surface area (Å²) in [5.74, 6) is -0.477. The number of nitrogens with one attached hydrogen (secondary N) is 2. The molecule has 2 atom stereocenters. The maximum atomic E-state index is 12.4. The number of urea groups is 1. The third-order valence-corrected chi connectivity index (χ3v) is 5.40. The highest BCUT2D eigenvalue weighted by atomic mass is 32.2. The number of hydrogen-bond donors (Lipinski definition) is 3. The van der Waals surface area contributed by atoms with Crippen molar-refractivity contribution in [2.75, 3.05) is 18.6 Å². The number of benzene rings is 1. The number of ether oxygens (including phenoxy) is 1. The minimum Gasteiger partial charge on any atom is -0.454 e. The van der Waals surface area contributed by atoms with Crippen LogP contribution in [-0.2, 0) is 14.3 Å². The number of hydrogen-bond acceptors (Lipinski definition) is 6. The van der Waals surface area contributed by atoms with Gasteiger partial charge in [0.25, 0.3) is 5.91 Å². The Hall–Kier alpha value is -2.52. The Balaban J connectivity index is 1.96. The van der Waals surface area contributed by atoms with Crippen LogP contribution >= 0.6 is 23.1 Å². The first-order valence-corrected chi connectivity index (χ1v) is 10.9. The number of nitrogens with two attached hydrogens (primary N) is 1. The number of thioether (sulfide) groups is 1. The standard InChI is InChI=1S/C19H23N3O4S2/c1-27-11-9-14(21-19(20)25)18(24)26-12-16(23)22-17(15-8-5-10-28-15)13-6-3-2-4-7-13/h2-8,10,14,17H,9,11-12H2,1H3,(H,22,23)(H3,20,21,25)/t14-,17+/m0/s1. The van der Waals surface area contributed by atoms with Crippen molar-refractivity contribution in [1.29, 1.82) is 0 Å². The topological polar surface area (TPSA) is 111 Å². The average molecular weight is 422 g/mol. The third kappa shape index (κ3) is 6.90. The molecule has 7 nitrogen and oxygen atoms in total. The normalized spacial score (nSPS) is 12.6. The third-order valence-electron chi connectivity index (χ3n) is 3.82. The molecule has 0 saturated carbocycles. The predicted octanol–water partition coefficient (Wildman–Crippen LogP) is 2.29. The molecular weight excluding hydrogens is 398 g/mol. The lowest BCUT2D eigenvalue weighted by Crippen LogP contribution is -2.45. The molecule has 0 bridgehead atoms. The first-order valence-electron chi connectivity index (χ1n) is 8.60. The van der Waals surface area contributed by atoms with E-state index in [4.69, 9.17) is 10.5 Å². The number of amides is 3. The summed E-state index contributed by atoms with van der Waals surface area (Å²) in [5.41, 5.74) is 6.03. The summed E-state index contributed by atoms with van der Waals surface area (Å²) in [4.78, 5) is 36.6. The van der Waals surface area contributed by atoms with Gasteiger partial charge in [-0.15, -0.1) is 11.3 Å². The Labute approximate surface area is 172 Å². The van der Waals surface area contributed by atoms with Crippen LogP contribution in [0.2, 0.25) is 0 Å². The van der Waals surface area contributed by atoms with Crippen molar-refractivity contribution < 1.29 is 19.1 Å². The number of carbonyl (C=O) groups excluding carboxylic acids is 3. The van der Waals surface area contributed by atoms with E-state index in [0.717, 1.165) is 10.4 Å². The molecular formula is C19H23N3O4S2. The molecule has 0 radical (unpaired) electrons. The predicted molar refractivity (Wildman–Crippen MR) is 111 cm³/mol. The number of esters is 1. The van der Waals surface area contributed by atoms with Gasteiger partial charge in [0.1, 0.15) is 6.04 Å². The highest BCUT2D eigenvalue weighted by Gasteiger charge is 2.23. The Morgan fingerprint density at radius 1 is 1.14 bits per heavy atom. The van der Waals surface area contributed by atoms with Gasteiger partial charge in [-0.1, -0.05) is 36.4 Å². The van der Waals surface area contributed by atoms with Crippen molar-refractivity contribution in [1.82, 2.24) is 10.6 Å². The van der Waals surface area contributed by atoms with Crippen LogP contribution in [0.3, 0.4) is 0 Å². The molecule has 0 aliphatic rings. The van der Waals surface area contributed by atoms with E-state index in [0.29, 0.717) is 12.2 Å². The molecule has 0 unspecified atom stereocenters. The highest BCUT2D eigenvalue weighted by molar-refractivity contribution is 7.98. The molecule has 1 aromatic carbocycles. The molecule has 0 saturated heterocycles. The van der Waals surface area contributed by atoms with Crippen molar-refractivity contribution >= 4 is 41.0 Å². The van der Waals surface area contributed by atoms with Crippen molar-refractivity contribution in [3.8, 4) is 0 Å². The van der Waals surface area contributed by atoms with E-state index in [2.05, 4.69) is 10.6 Å². The zero-order chi connectivity index (χ0) is 20.4. The molecule has 0 aliphatic carbocycles. The fourth-order valence-electron chi connectivity index (χ4n) is 2.52. The van der Waals surface area contributed by atoms with Gasteiger partial charge in [-0.05, 0) is 35.4 Å². The molecule has 3 amide bonds. The second-order valence-electron chi connectivity index (χ2n) is 5.88. The van der Waals surface area contributed by atoms with Gasteiger partial charge >= 0.3 is 12.0 Å². The van der Waals surface area contributed by atoms with E-state index in [9.17, 15) is 14.4 Å². The van der Waals surface area contributed by atoms with Gasteiger partial charge in [0.2, 0.25) is 0 Å². The van der Waals surface area contributed by atoms with Crippen LogP contribution < -0.4 is 16.4 Å². The van der Waals surface area contributed by atoms with Crippen molar-refractivity contribution in [2.45, 2.75) is 18.5 Å². The summed E-state index contributed by atoms with van der Waals surface area (Å²) in [6.07, 6.45) is 2.25. The first kappa shape index (κ1) is 21.8. The monoisotopic (exact) mass is 421 g/mol. The molecule has 1 aromatic heterocycles. The summed E-state index contributed by atoms with van der Waals surface area (Å²) < 4.78 is 5.09. The minimum atomic E-state index is -0.875. The number of carbonyl (C=O) groups is 3. The van der Waals surface area contributed by atoms with E-state index in [1.807, 2.05) is 54.1 Å². The quantitative estimate of drug-likeness (QED) is 0.510. The molecule has 2 aromatic rings. The fraction of sp³-hybridized carbons (Fsp3) is 0.316. The van der Waals surface area contributed by atoms with Gasteiger partial charge in [0.05, 0.1) is 6.04 Å². The second kappa shape index (κ2) is 11.4. The molecule has 0 spiro atoms. The summed E-state index contributed by atoms with van der Waals surface area (Å²) >= 11 is 3.05. The fourth-order valence-corrected chi connectivity index (χ4v) is 3.79. The Kier molecular flexibility index (Phi) is 8.83. The van der Waals surface area contributed by atoms with Crippen LogP contribution in [0.1, 0.15) is 22.9 Å². The molecule has 150 valence electrons. The van der Waals surface area contributed by atoms with Gasteiger partial charge in [-0.2, -0.15) is 11.8 Å². The Morgan fingerprint density at radius 2 is 1.89 bits per heavy atom. The molecule has 0 fully saturated rings. The van der Waals surface area contributed by atoms with Gasteiger partial charge in [-0.3, -0.25) is 4.79 Å². The zero-order valence-corrected chi connectivity index (χ0v) is 17.1. The molecule has 9 heteroatoms. The van der Waals surface area contributed by atoms with Crippen molar-refractivity contribution in [3.63, 3.8) is 0 Å². The molecule has 1 heterocycles. The van der Waals surface area contributed by atoms with E-state index >= 15 is 0 Å². The van der Waals surface area contributed by atoms with Crippen LogP contribution in [-0.4, -0.2) is 42.6 Å². The highest BCUT2D eigenvalue weighted by Crippen LogP contribution is 2.25. The zero-order valence-electron chi connectivity index (χ0n) is 15.4. The smallest absolute Gasteiger partial charge is 0.329 e. The van der Waals surface area contributed by atoms with Crippen molar-refractivity contribution in [3.05, 3.63) is 58.3 Å². The van der Waals surface area contributed by atoms with Crippen LogP contribution in [0.25, 0.3) is 0 Å². The average Bonchev–Trinajstić information content (AvgIpc) is 3.22. The molecule has 4 N–H and O–H groups in total. The van der Waals surface area contributed by atoms with Crippen LogP contribution in [0, 0.1) is 0 Å². The minimum absolute atomic E-state index is 0.330. The Bertz CT molecular complexity index is 769. The number of rotatable bonds is 10. The maximum absolute atomic E-state index is 12.4. The van der Waals surface area contributed by atoms with Crippen molar-refractivity contribution in [2.24, 2.45) is 5.73 Å². The summed E-state index contributed by atoms with van der Waals surface area (Å²) in [6, 6.07) is 11.4. The summed E-state index contributed by atoms with van der Waals surface area (Å²) in [5, 5.41) is 7.17. The van der Waals surface area contributed by atoms with Gasteiger partial charge < -0.3 is 21.1 Å². The van der Waals surface area contributed by atoms with E-state index in [1.54, 1.807) is 0 Å². The lowest BCUT2D eigenvalue weighted by Gasteiger charge is -2.19. The largest absolute Gasteiger partial charge is 0.454 e. The summed E-state index contributed by atoms with van der Waals surface area (Å²) in [6.45, 7) is -0.441. The summed E-state index contributed by atoms with van der Waals surface area (Å²) in [7, 11) is 0. The van der Waals surface area contributed by atoms with E-state index < -0.39 is 30.6 Å². The van der Waals surface area contributed by atoms with Crippen LogP contribution in [0.15, 0.2) is 47.8 Å². The number of primary amides is 1. The van der Waals surface area contributed by atoms with Gasteiger partial charge in [0, 0.05) is 4.88 Å². The lowest BCUT2D eigenvalue weighted by molar-refractivity contribution is -0.150. The first-order chi connectivity index (χ1) is 13.5. The van der Waals surface area contributed by atoms with E-state index in [1.165, 1.54) is 23.1 Å². The molecule has 2 rings (SSSR count). The SMILES string of the molecule is CSCC[C@H](NC(N)=O)C(=O)OCC(=O)N[C@H](c1ccccc1)c1cccs1. The van der Waals surface area contributed by atoms with Crippen LogP contribution in [0.4, 0.5) is 4.79 Å². The lowest BCUT2D eigenvalue weighted by atomic mass is 10.1.